The first-order chi connectivity index (χ1) is 16.0. The second-order valence-electron chi connectivity index (χ2n) is 7.09. The van der Waals surface area contributed by atoms with Gasteiger partial charge in [0.15, 0.2) is 0 Å². The Morgan fingerprint density at radius 1 is 1.12 bits per heavy atom. The van der Waals surface area contributed by atoms with Gasteiger partial charge in [-0.2, -0.15) is 5.10 Å². The number of aromatic nitrogens is 3. The number of hydrogen-bond donors (Lipinski definition) is 2. The number of amides is 1. The Balaban J connectivity index is 1.78. The maximum absolute atomic E-state index is 13.4. The minimum atomic E-state index is -0.456. The van der Waals surface area contributed by atoms with E-state index in [9.17, 15) is 14.0 Å². The Bertz CT molecular complexity index is 1360. The van der Waals surface area contributed by atoms with Crippen molar-refractivity contribution in [2.45, 2.75) is 6.92 Å². The average molecular weight is 445 g/mol. The van der Waals surface area contributed by atoms with Gasteiger partial charge in [0, 0.05) is 18.0 Å². The number of hydrogen-bond acceptors (Lipinski definition) is 5. The molecule has 166 valence electrons. The molecule has 4 rings (SSSR count). The second kappa shape index (κ2) is 9.31. The number of aromatic amines is 1. The van der Waals surface area contributed by atoms with Gasteiger partial charge >= 0.3 is 0 Å². The minimum absolute atomic E-state index is 0.260. The average Bonchev–Trinajstić information content (AvgIpc) is 3.20. The number of benzene rings is 2. The number of pyridine rings is 1. The molecule has 0 saturated heterocycles. The molecule has 0 aliphatic carbocycles. The minimum Gasteiger partial charge on any atom is -0.497 e. The number of rotatable bonds is 6. The number of methoxy groups -OCH3 is 1. The standard InChI is InChI=1S/C24H20FN5O3/c1-15(27-28-23(31)17-4-3-13-26-14-17)21-22(16-5-11-20(33-2)12-6-16)29-30(24(21)32)19-9-7-18(25)8-10-19/h3-14,29H,1-2H3,(H,28,31)/b27-15+. The Hall–Kier alpha value is -4.53. The Morgan fingerprint density at radius 2 is 1.85 bits per heavy atom. The van der Waals surface area contributed by atoms with E-state index in [0.717, 1.165) is 0 Å². The smallest absolute Gasteiger partial charge is 0.281 e. The van der Waals surface area contributed by atoms with Crippen LogP contribution in [-0.2, 0) is 0 Å². The molecule has 2 aromatic carbocycles. The van der Waals surface area contributed by atoms with Gasteiger partial charge in [0.1, 0.15) is 11.6 Å². The zero-order chi connectivity index (χ0) is 23.4. The first-order valence-corrected chi connectivity index (χ1v) is 9.98. The zero-order valence-corrected chi connectivity index (χ0v) is 17.9. The largest absolute Gasteiger partial charge is 0.497 e. The number of carbonyl (C=O) groups is 1. The third kappa shape index (κ3) is 4.57. The first kappa shape index (κ1) is 21.7. The molecule has 8 nitrogen and oxygen atoms in total. The van der Waals surface area contributed by atoms with E-state index >= 15 is 0 Å². The van der Waals surface area contributed by atoms with Gasteiger partial charge in [-0.25, -0.2) is 14.5 Å². The lowest BCUT2D eigenvalue weighted by molar-refractivity contribution is 0.0954. The van der Waals surface area contributed by atoms with E-state index in [4.69, 9.17) is 4.74 Å². The summed E-state index contributed by atoms with van der Waals surface area (Å²) in [6.07, 6.45) is 2.98. The maximum Gasteiger partial charge on any atom is 0.281 e. The molecule has 0 aliphatic rings. The van der Waals surface area contributed by atoms with E-state index in [1.165, 1.54) is 35.1 Å². The maximum atomic E-state index is 13.4. The van der Waals surface area contributed by atoms with Crippen molar-refractivity contribution in [2.75, 3.05) is 7.11 Å². The van der Waals surface area contributed by atoms with Gasteiger partial charge in [0.2, 0.25) is 0 Å². The number of ether oxygens (including phenoxy) is 1. The number of halogens is 1. The lowest BCUT2D eigenvalue weighted by Gasteiger charge is -2.05. The zero-order valence-electron chi connectivity index (χ0n) is 17.9. The lowest BCUT2D eigenvalue weighted by Crippen LogP contribution is -2.23. The first-order valence-electron chi connectivity index (χ1n) is 9.98. The number of H-pyrrole nitrogens is 1. The van der Waals surface area contributed by atoms with Crippen molar-refractivity contribution in [3.63, 3.8) is 0 Å². The molecule has 0 bridgehead atoms. The Labute approximate surface area is 188 Å². The van der Waals surface area contributed by atoms with Gasteiger partial charge in [-0.05, 0) is 67.6 Å². The molecule has 2 N–H and O–H groups in total. The number of nitrogens with one attached hydrogen (secondary N) is 2. The number of carbonyl (C=O) groups excluding carboxylic acids is 1. The summed E-state index contributed by atoms with van der Waals surface area (Å²) >= 11 is 0. The highest BCUT2D eigenvalue weighted by molar-refractivity contribution is 6.04. The summed E-state index contributed by atoms with van der Waals surface area (Å²) in [5.41, 5.74) is 4.59. The van der Waals surface area contributed by atoms with Gasteiger partial charge in [0.25, 0.3) is 11.5 Å². The topological polar surface area (TPSA) is 101 Å². The Kier molecular flexibility index (Phi) is 6.12. The van der Waals surface area contributed by atoms with E-state index in [0.29, 0.717) is 34.0 Å². The fourth-order valence-corrected chi connectivity index (χ4v) is 3.26. The summed E-state index contributed by atoms with van der Waals surface area (Å²) in [6, 6.07) is 15.9. The van der Waals surface area contributed by atoms with Gasteiger partial charge in [0.05, 0.1) is 35.3 Å². The van der Waals surface area contributed by atoms with Crippen LogP contribution >= 0.6 is 0 Å². The molecule has 2 heterocycles. The highest BCUT2D eigenvalue weighted by Gasteiger charge is 2.20. The van der Waals surface area contributed by atoms with E-state index in [1.807, 2.05) is 0 Å². The highest BCUT2D eigenvalue weighted by atomic mass is 19.1. The van der Waals surface area contributed by atoms with E-state index in [2.05, 4.69) is 20.6 Å². The summed E-state index contributed by atoms with van der Waals surface area (Å²) < 4.78 is 19.9. The van der Waals surface area contributed by atoms with Crippen LogP contribution in [0.1, 0.15) is 22.8 Å². The molecule has 33 heavy (non-hydrogen) atoms. The number of hydrazone groups is 1. The Morgan fingerprint density at radius 3 is 2.48 bits per heavy atom. The monoisotopic (exact) mass is 445 g/mol. The summed E-state index contributed by atoms with van der Waals surface area (Å²) in [5, 5.41) is 7.22. The fraction of sp³-hybridized carbons (Fsp3) is 0.0833. The quantitative estimate of drug-likeness (QED) is 0.350. The van der Waals surface area contributed by atoms with Crippen LogP contribution < -0.4 is 15.7 Å². The molecule has 2 aromatic heterocycles. The molecule has 0 fully saturated rings. The fourth-order valence-electron chi connectivity index (χ4n) is 3.26. The predicted molar refractivity (Wildman–Crippen MR) is 122 cm³/mol. The molecule has 0 saturated carbocycles. The third-order valence-electron chi connectivity index (χ3n) is 4.96. The van der Waals surface area contributed by atoms with Gasteiger partial charge in [-0.1, -0.05) is 0 Å². The molecule has 4 aromatic rings. The van der Waals surface area contributed by atoms with Crippen LogP contribution in [0, 0.1) is 5.82 Å². The predicted octanol–water partition coefficient (Wildman–Crippen LogP) is 3.53. The summed E-state index contributed by atoms with van der Waals surface area (Å²) in [4.78, 5) is 29.6. The molecule has 0 aliphatic heterocycles. The molecule has 0 atom stereocenters. The molecule has 0 unspecified atom stereocenters. The van der Waals surface area contributed by atoms with E-state index in [-0.39, 0.29) is 5.56 Å². The van der Waals surface area contributed by atoms with Crippen LogP contribution in [0.25, 0.3) is 16.9 Å². The van der Waals surface area contributed by atoms with Gasteiger partial charge in [-0.3, -0.25) is 19.7 Å². The van der Waals surface area contributed by atoms with Crippen molar-refractivity contribution in [3.8, 4) is 22.7 Å². The summed E-state index contributed by atoms with van der Waals surface area (Å²) in [5.74, 6) is -0.206. The normalized spacial score (nSPS) is 11.3. The van der Waals surface area contributed by atoms with Crippen molar-refractivity contribution in [3.05, 3.63) is 100 Å². The van der Waals surface area contributed by atoms with Crippen LogP contribution in [0.5, 0.6) is 5.75 Å². The van der Waals surface area contributed by atoms with Crippen molar-refractivity contribution in [1.82, 2.24) is 20.2 Å². The van der Waals surface area contributed by atoms with Crippen molar-refractivity contribution >= 4 is 11.6 Å². The lowest BCUT2D eigenvalue weighted by atomic mass is 10.1. The molecule has 1 amide bonds. The second-order valence-corrected chi connectivity index (χ2v) is 7.09. The molecular weight excluding hydrogens is 425 g/mol. The third-order valence-corrected chi connectivity index (χ3v) is 4.96. The SMILES string of the molecule is COc1ccc(-c2[nH]n(-c3ccc(F)cc3)c(=O)c2/C(C)=N/NC(=O)c2cccnc2)cc1. The van der Waals surface area contributed by atoms with Crippen LogP contribution in [0.2, 0.25) is 0 Å². The molecule has 0 radical (unpaired) electrons. The van der Waals surface area contributed by atoms with Crippen molar-refractivity contribution in [1.29, 1.82) is 0 Å². The molecule has 9 heteroatoms. The van der Waals surface area contributed by atoms with Gasteiger partial charge in [-0.15, -0.1) is 0 Å². The van der Waals surface area contributed by atoms with Crippen molar-refractivity contribution < 1.29 is 13.9 Å². The van der Waals surface area contributed by atoms with Crippen molar-refractivity contribution in [2.24, 2.45) is 5.10 Å². The van der Waals surface area contributed by atoms with Crippen LogP contribution in [-0.4, -0.2) is 33.5 Å². The van der Waals surface area contributed by atoms with Crippen LogP contribution in [0.4, 0.5) is 4.39 Å². The van der Waals surface area contributed by atoms with Crippen LogP contribution in [0.3, 0.4) is 0 Å². The summed E-state index contributed by atoms with van der Waals surface area (Å²) in [7, 11) is 1.56. The van der Waals surface area contributed by atoms with E-state index < -0.39 is 17.3 Å². The van der Waals surface area contributed by atoms with E-state index in [1.54, 1.807) is 56.6 Å². The molecule has 0 spiro atoms. The van der Waals surface area contributed by atoms with Crippen LogP contribution in [0.15, 0.2) is 83.0 Å². The molecular formula is C24H20FN5O3. The highest BCUT2D eigenvalue weighted by Crippen LogP contribution is 2.24. The summed E-state index contributed by atoms with van der Waals surface area (Å²) in [6.45, 7) is 1.62. The van der Waals surface area contributed by atoms with Gasteiger partial charge < -0.3 is 4.74 Å². The number of nitrogens with zero attached hydrogens (tertiary/aromatic N) is 3.